The molecule has 2 aromatic rings. The Morgan fingerprint density at radius 3 is 2.03 bits per heavy atom. The van der Waals surface area contributed by atoms with Crippen molar-refractivity contribution in [2.45, 2.75) is 13.0 Å². The molecular formula is C20H22ClN3O6. The van der Waals surface area contributed by atoms with E-state index in [1.165, 1.54) is 47.5 Å². The molecule has 0 fully saturated rings. The lowest BCUT2D eigenvalue weighted by Crippen LogP contribution is -2.31. The van der Waals surface area contributed by atoms with Gasteiger partial charge in [0, 0.05) is 18.2 Å². The van der Waals surface area contributed by atoms with Gasteiger partial charge in [0.05, 0.1) is 44.8 Å². The summed E-state index contributed by atoms with van der Waals surface area (Å²) in [5.74, 6) is 0.532. The molecule has 0 radical (unpaired) electrons. The SMILES string of the molecule is COc1ccc(N=NC(C(C)=O)C(=O)Nc2cc(OC)c(OC)cc2Cl)cc1OC. The van der Waals surface area contributed by atoms with E-state index in [2.05, 4.69) is 15.5 Å². The van der Waals surface area contributed by atoms with Gasteiger partial charge in [0.15, 0.2) is 28.8 Å². The van der Waals surface area contributed by atoms with Crippen molar-refractivity contribution < 1.29 is 28.5 Å². The third-order valence-electron chi connectivity index (χ3n) is 4.02. The topological polar surface area (TPSA) is 108 Å². The summed E-state index contributed by atoms with van der Waals surface area (Å²) >= 11 is 6.19. The van der Waals surface area contributed by atoms with Crippen LogP contribution in [0.4, 0.5) is 11.4 Å². The smallest absolute Gasteiger partial charge is 0.258 e. The Morgan fingerprint density at radius 2 is 1.47 bits per heavy atom. The summed E-state index contributed by atoms with van der Waals surface area (Å²) in [4.78, 5) is 24.6. The quantitative estimate of drug-likeness (QED) is 0.470. The summed E-state index contributed by atoms with van der Waals surface area (Å²) in [7, 11) is 5.91. The highest BCUT2D eigenvalue weighted by Gasteiger charge is 2.24. The van der Waals surface area contributed by atoms with E-state index in [4.69, 9.17) is 30.5 Å². The van der Waals surface area contributed by atoms with Crippen LogP contribution in [0.15, 0.2) is 40.6 Å². The van der Waals surface area contributed by atoms with Gasteiger partial charge in [-0.05, 0) is 19.1 Å². The fourth-order valence-electron chi connectivity index (χ4n) is 2.48. The van der Waals surface area contributed by atoms with E-state index in [9.17, 15) is 9.59 Å². The van der Waals surface area contributed by atoms with E-state index in [1.54, 1.807) is 18.2 Å². The van der Waals surface area contributed by atoms with Crippen LogP contribution in [0.2, 0.25) is 5.02 Å². The Morgan fingerprint density at radius 1 is 0.900 bits per heavy atom. The second-order valence-electron chi connectivity index (χ2n) is 5.94. The standard InChI is InChI=1S/C20H22ClN3O6/c1-11(25)19(24-23-12-6-7-15(27-2)16(8-12)28-3)20(26)22-14-10-18(30-5)17(29-4)9-13(14)21/h6-10,19H,1-5H3,(H,22,26). The highest BCUT2D eigenvalue weighted by Crippen LogP contribution is 2.36. The van der Waals surface area contributed by atoms with Crippen LogP contribution in [-0.4, -0.2) is 46.2 Å². The van der Waals surface area contributed by atoms with Crippen molar-refractivity contribution in [3.8, 4) is 23.0 Å². The number of methoxy groups -OCH3 is 4. The highest BCUT2D eigenvalue weighted by atomic mass is 35.5. The third kappa shape index (κ3) is 5.38. The lowest BCUT2D eigenvalue weighted by Gasteiger charge is -2.14. The maximum Gasteiger partial charge on any atom is 0.258 e. The van der Waals surface area contributed by atoms with Crippen LogP contribution in [0, 0.1) is 0 Å². The maximum atomic E-state index is 12.6. The first-order valence-corrected chi connectivity index (χ1v) is 9.08. The van der Waals surface area contributed by atoms with Crippen molar-refractivity contribution in [3.63, 3.8) is 0 Å². The van der Waals surface area contributed by atoms with Crippen molar-refractivity contribution in [2.24, 2.45) is 10.2 Å². The Kier molecular flexibility index (Phi) is 7.99. The molecule has 0 aliphatic carbocycles. The van der Waals surface area contributed by atoms with Gasteiger partial charge in [-0.15, -0.1) is 0 Å². The van der Waals surface area contributed by atoms with Gasteiger partial charge in [-0.3, -0.25) is 9.59 Å². The zero-order valence-corrected chi connectivity index (χ0v) is 17.9. The zero-order valence-electron chi connectivity index (χ0n) is 17.2. The lowest BCUT2D eigenvalue weighted by molar-refractivity contribution is -0.126. The summed E-state index contributed by atoms with van der Waals surface area (Å²) < 4.78 is 20.7. The third-order valence-corrected chi connectivity index (χ3v) is 4.33. The second-order valence-corrected chi connectivity index (χ2v) is 6.35. The molecule has 1 unspecified atom stereocenters. The number of benzene rings is 2. The number of carbonyl (C=O) groups is 2. The first kappa shape index (κ1) is 23.0. The molecule has 160 valence electrons. The summed E-state index contributed by atoms with van der Waals surface area (Å²) in [6.45, 7) is 1.24. The monoisotopic (exact) mass is 435 g/mol. The highest BCUT2D eigenvalue weighted by molar-refractivity contribution is 6.34. The van der Waals surface area contributed by atoms with Gasteiger partial charge in [-0.25, -0.2) is 0 Å². The molecule has 1 amide bonds. The molecular weight excluding hydrogens is 414 g/mol. The van der Waals surface area contributed by atoms with Gasteiger partial charge in [-0.2, -0.15) is 10.2 Å². The van der Waals surface area contributed by atoms with Gasteiger partial charge in [0.25, 0.3) is 5.91 Å². The van der Waals surface area contributed by atoms with Crippen molar-refractivity contribution in [3.05, 3.63) is 35.4 Å². The van der Waals surface area contributed by atoms with Crippen LogP contribution in [0.1, 0.15) is 6.92 Å². The van der Waals surface area contributed by atoms with E-state index in [1.807, 2.05) is 0 Å². The average molecular weight is 436 g/mol. The minimum Gasteiger partial charge on any atom is -0.493 e. The van der Waals surface area contributed by atoms with E-state index in [0.717, 1.165) is 0 Å². The number of nitrogens with zero attached hydrogens (tertiary/aromatic N) is 2. The van der Waals surface area contributed by atoms with Crippen molar-refractivity contribution in [1.29, 1.82) is 0 Å². The summed E-state index contributed by atoms with van der Waals surface area (Å²) in [5.41, 5.74) is 0.628. The Hall–Kier alpha value is -3.33. The number of carbonyl (C=O) groups excluding carboxylic acids is 2. The second kappa shape index (κ2) is 10.4. The first-order chi connectivity index (χ1) is 14.3. The van der Waals surface area contributed by atoms with Crippen molar-refractivity contribution in [1.82, 2.24) is 0 Å². The van der Waals surface area contributed by atoms with E-state index < -0.39 is 17.7 Å². The zero-order chi connectivity index (χ0) is 22.3. The number of azo groups is 1. The largest absolute Gasteiger partial charge is 0.493 e. The number of halogens is 1. The molecule has 30 heavy (non-hydrogen) atoms. The van der Waals surface area contributed by atoms with Crippen LogP contribution in [0.25, 0.3) is 0 Å². The predicted molar refractivity (Wildman–Crippen MR) is 112 cm³/mol. The molecule has 1 N–H and O–H groups in total. The minimum absolute atomic E-state index is 0.208. The molecule has 9 nitrogen and oxygen atoms in total. The Bertz CT molecular complexity index is 964. The Labute approximate surface area is 178 Å². The molecule has 0 heterocycles. The molecule has 0 aliphatic rings. The fraction of sp³-hybridized carbons (Fsp3) is 0.300. The normalized spacial score (nSPS) is 11.7. The molecule has 0 aromatic heterocycles. The molecule has 0 saturated carbocycles. The molecule has 0 aliphatic heterocycles. The van der Waals surface area contributed by atoms with Crippen LogP contribution in [0.3, 0.4) is 0 Å². The number of anilines is 1. The molecule has 0 bridgehead atoms. The van der Waals surface area contributed by atoms with Gasteiger partial charge in [0.1, 0.15) is 0 Å². The van der Waals surface area contributed by atoms with E-state index >= 15 is 0 Å². The number of nitrogens with one attached hydrogen (secondary N) is 1. The average Bonchev–Trinajstić information content (AvgIpc) is 2.74. The van der Waals surface area contributed by atoms with Crippen LogP contribution >= 0.6 is 11.6 Å². The maximum absolute atomic E-state index is 12.6. The van der Waals surface area contributed by atoms with Crippen LogP contribution < -0.4 is 24.3 Å². The van der Waals surface area contributed by atoms with Crippen LogP contribution in [0.5, 0.6) is 23.0 Å². The van der Waals surface area contributed by atoms with Crippen molar-refractivity contribution >= 4 is 34.7 Å². The Balaban J connectivity index is 2.26. The first-order valence-electron chi connectivity index (χ1n) is 8.70. The lowest BCUT2D eigenvalue weighted by atomic mass is 10.2. The van der Waals surface area contributed by atoms with Crippen molar-refractivity contribution in [2.75, 3.05) is 33.8 Å². The molecule has 1 atom stereocenters. The number of hydrogen-bond donors (Lipinski definition) is 1. The summed E-state index contributed by atoms with van der Waals surface area (Å²) in [6, 6.07) is 6.43. The van der Waals surface area contributed by atoms with Gasteiger partial charge >= 0.3 is 0 Å². The molecule has 10 heteroatoms. The fourth-order valence-corrected chi connectivity index (χ4v) is 2.68. The predicted octanol–water partition coefficient (Wildman–Crippen LogP) is 4.05. The van der Waals surface area contributed by atoms with Crippen LogP contribution in [-0.2, 0) is 9.59 Å². The minimum atomic E-state index is -1.37. The van der Waals surface area contributed by atoms with E-state index in [-0.39, 0.29) is 10.7 Å². The number of rotatable bonds is 9. The number of Topliss-reactive ketones (excluding diaryl/α,β-unsaturated/α-hetero) is 1. The van der Waals surface area contributed by atoms with Gasteiger partial charge in [0.2, 0.25) is 6.04 Å². The number of ether oxygens (including phenoxy) is 4. The molecule has 2 rings (SSSR count). The molecule has 2 aromatic carbocycles. The number of ketones is 1. The molecule has 0 spiro atoms. The summed E-state index contributed by atoms with van der Waals surface area (Å²) in [5, 5.41) is 10.7. The van der Waals surface area contributed by atoms with E-state index in [0.29, 0.717) is 28.7 Å². The molecule has 0 saturated heterocycles. The number of amides is 1. The van der Waals surface area contributed by atoms with Gasteiger partial charge < -0.3 is 24.3 Å². The number of hydrogen-bond acceptors (Lipinski definition) is 8. The van der Waals surface area contributed by atoms with Gasteiger partial charge in [-0.1, -0.05) is 11.6 Å². The summed E-state index contributed by atoms with van der Waals surface area (Å²) in [6.07, 6.45) is 0.